The molecule has 1 aliphatic heterocycles. The summed E-state index contributed by atoms with van der Waals surface area (Å²) in [7, 11) is 0. The first kappa shape index (κ1) is 23.6. The number of nitrogens with zero attached hydrogens (tertiary/aromatic N) is 3. The van der Waals surface area contributed by atoms with E-state index in [0.717, 1.165) is 0 Å². The number of aliphatic hydroxyl groups excluding tert-OH is 3. The number of amides is 2. The van der Waals surface area contributed by atoms with Gasteiger partial charge in [-0.3, -0.25) is 4.79 Å². The van der Waals surface area contributed by atoms with Crippen molar-refractivity contribution < 1.29 is 34.4 Å². The van der Waals surface area contributed by atoms with Gasteiger partial charge < -0.3 is 45.7 Å². The molecule has 0 radical (unpaired) electrons. The van der Waals surface area contributed by atoms with Gasteiger partial charge in [0.1, 0.15) is 42.3 Å². The van der Waals surface area contributed by atoms with Crippen LogP contribution >= 0.6 is 0 Å². The van der Waals surface area contributed by atoms with Crippen LogP contribution in [0.1, 0.15) is 20.8 Å². The van der Waals surface area contributed by atoms with Gasteiger partial charge in [-0.2, -0.15) is 0 Å². The Hall–Kier alpha value is -3.07. The lowest BCUT2D eigenvalue weighted by atomic mass is 9.95. The third-order valence-corrected chi connectivity index (χ3v) is 4.55. The normalized spacial score (nSPS) is 25.9. The second-order valence-corrected chi connectivity index (χ2v) is 8.18. The van der Waals surface area contributed by atoms with E-state index in [0.29, 0.717) is 11.2 Å². The molecule has 1 saturated heterocycles. The maximum Gasteiger partial charge on any atom is 0.408 e. The number of carbonyl (C=O) groups is 2. The highest BCUT2D eigenvalue weighted by Gasteiger charge is 2.45. The molecular formula is C18H27N7O7. The molecule has 14 nitrogen and oxygen atoms in total. The number of aliphatic hydroxyl groups is 3. The lowest BCUT2D eigenvalue weighted by Gasteiger charge is -2.42. The number of imidazole rings is 1. The minimum Gasteiger partial charge on any atom is -0.444 e. The highest BCUT2D eigenvalue weighted by Crippen LogP contribution is 2.24. The Balaban J connectivity index is 1.62. The number of nitrogens with one attached hydrogen (secondary N) is 4. The molecule has 1 aliphatic rings. The summed E-state index contributed by atoms with van der Waals surface area (Å²) in [5, 5.41) is 38.4. The molecule has 1 fully saturated rings. The molecule has 0 bridgehead atoms. The molecular weight excluding hydrogens is 426 g/mol. The van der Waals surface area contributed by atoms with Crippen LogP contribution in [0.25, 0.3) is 11.2 Å². The van der Waals surface area contributed by atoms with Crippen molar-refractivity contribution in [1.82, 2.24) is 30.6 Å². The van der Waals surface area contributed by atoms with E-state index in [1.165, 1.54) is 12.7 Å². The summed E-state index contributed by atoms with van der Waals surface area (Å²) in [6.45, 7) is 4.04. The number of alkyl carbamates (subject to hydrolysis) is 1. The summed E-state index contributed by atoms with van der Waals surface area (Å²) in [6, 6.07) is -1.14. The van der Waals surface area contributed by atoms with Crippen molar-refractivity contribution in [2.45, 2.75) is 57.0 Å². The largest absolute Gasteiger partial charge is 0.444 e. The molecule has 2 aromatic heterocycles. The van der Waals surface area contributed by atoms with Crippen LogP contribution < -0.4 is 16.0 Å². The SMILES string of the molecule is CC(C)(C)OC(=O)NCC(=O)N[C@@H]1[C@@H](O)[C@H](O)[C@@H](Nc2ncnc3nc[nH]c23)O[C@H]1CO. The van der Waals surface area contributed by atoms with Gasteiger partial charge >= 0.3 is 6.09 Å². The third kappa shape index (κ3) is 5.59. The Labute approximate surface area is 182 Å². The van der Waals surface area contributed by atoms with Crippen molar-refractivity contribution in [3.8, 4) is 0 Å². The monoisotopic (exact) mass is 453 g/mol. The average Bonchev–Trinajstić information content (AvgIpc) is 3.20. The maximum atomic E-state index is 12.2. The van der Waals surface area contributed by atoms with Crippen molar-refractivity contribution >= 4 is 29.0 Å². The predicted molar refractivity (Wildman–Crippen MR) is 109 cm³/mol. The second kappa shape index (κ2) is 9.60. The van der Waals surface area contributed by atoms with Gasteiger partial charge in [-0.1, -0.05) is 0 Å². The zero-order valence-corrected chi connectivity index (χ0v) is 17.8. The van der Waals surface area contributed by atoms with Gasteiger partial charge in [0.05, 0.1) is 19.0 Å². The predicted octanol–water partition coefficient (Wildman–Crippen LogP) is -1.79. The van der Waals surface area contributed by atoms with E-state index in [-0.39, 0.29) is 5.82 Å². The molecule has 32 heavy (non-hydrogen) atoms. The van der Waals surface area contributed by atoms with Crippen LogP contribution in [0.15, 0.2) is 12.7 Å². The molecule has 5 atom stereocenters. The van der Waals surface area contributed by atoms with Crippen LogP contribution in [0.3, 0.4) is 0 Å². The number of H-pyrrole nitrogens is 1. The molecule has 176 valence electrons. The number of hydrogen-bond acceptors (Lipinski definition) is 11. The Kier molecular flexibility index (Phi) is 7.08. The second-order valence-electron chi connectivity index (χ2n) is 8.18. The summed E-state index contributed by atoms with van der Waals surface area (Å²) < 4.78 is 10.7. The number of aromatic amines is 1. The standard InChI is InChI=1S/C18H27N7O7/c1-18(2,3)32-17(30)19-4-9(27)24-10-8(5-26)31-16(13(29)12(10)28)25-15-11-14(21-6-20-11)22-7-23-15/h6-8,10,12-13,16,26,28-29H,4-5H2,1-3H3,(H,19,30)(H,24,27)(H2,20,21,22,23,25)/t8-,10-,12+,13-,16-/m0/s1. The van der Waals surface area contributed by atoms with Gasteiger partial charge in [0.15, 0.2) is 17.7 Å². The number of ether oxygens (including phenoxy) is 2. The lowest BCUT2D eigenvalue weighted by molar-refractivity contribution is -0.185. The Bertz CT molecular complexity index is 945. The number of rotatable bonds is 6. The van der Waals surface area contributed by atoms with E-state index in [9.17, 15) is 24.9 Å². The average molecular weight is 453 g/mol. The van der Waals surface area contributed by atoms with E-state index in [2.05, 4.69) is 35.9 Å². The summed E-state index contributed by atoms with van der Waals surface area (Å²) in [6.07, 6.45) is -3.30. The minimum atomic E-state index is -1.50. The zero-order chi connectivity index (χ0) is 23.5. The Morgan fingerprint density at radius 2 is 1.97 bits per heavy atom. The molecule has 7 N–H and O–H groups in total. The summed E-state index contributed by atoms with van der Waals surface area (Å²) in [4.78, 5) is 38.8. The molecule has 0 unspecified atom stereocenters. The van der Waals surface area contributed by atoms with Crippen LogP contribution in [-0.2, 0) is 14.3 Å². The van der Waals surface area contributed by atoms with Gasteiger partial charge in [0, 0.05) is 0 Å². The van der Waals surface area contributed by atoms with Crippen molar-refractivity contribution in [2.24, 2.45) is 0 Å². The molecule has 0 aliphatic carbocycles. The van der Waals surface area contributed by atoms with E-state index in [4.69, 9.17) is 9.47 Å². The zero-order valence-electron chi connectivity index (χ0n) is 17.8. The van der Waals surface area contributed by atoms with E-state index in [1.54, 1.807) is 20.8 Å². The number of carbonyl (C=O) groups excluding carboxylic acids is 2. The molecule has 3 heterocycles. The summed E-state index contributed by atoms with van der Waals surface area (Å²) >= 11 is 0. The number of fused-ring (bicyclic) bond motifs is 1. The van der Waals surface area contributed by atoms with Gasteiger partial charge in [0.25, 0.3) is 0 Å². The van der Waals surface area contributed by atoms with E-state index < -0.39 is 61.3 Å². The minimum absolute atomic E-state index is 0.268. The van der Waals surface area contributed by atoms with Crippen molar-refractivity contribution in [3.63, 3.8) is 0 Å². The first-order chi connectivity index (χ1) is 15.1. The first-order valence-electron chi connectivity index (χ1n) is 9.88. The molecule has 14 heteroatoms. The quantitative estimate of drug-likeness (QED) is 0.260. The number of aromatic nitrogens is 4. The lowest BCUT2D eigenvalue weighted by Crippen LogP contribution is -2.66. The van der Waals surface area contributed by atoms with Gasteiger partial charge in [-0.15, -0.1) is 0 Å². The summed E-state index contributed by atoms with van der Waals surface area (Å²) in [5.74, 6) is -0.403. The van der Waals surface area contributed by atoms with Crippen LogP contribution in [0.4, 0.5) is 10.6 Å². The molecule has 0 saturated carbocycles. The van der Waals surface area contributed by atoms with Gasteiger partial charge in [-0.05, 0) is 20.8 Å². The molecule has 0 aromatic carbocycles. The third-order valence-electron chi connectivity index (χ3n) is 4.55. The van der Waals surface area contributed by atoms with Crippen molar-refractivity contribution in [2.75, 3.05) is 18.5 Å². The van der Waals surface area contributed by atoms with Gasteiger partial charge in [-0.25, -0.2) is 19.7 Å². The fourth-order valence-corrected chi connectivity index (χ4v) is 3.13. The van der Waals surface area contributed by atoms with Crippen LogP contribution in [0.5, 0.6) is 0 Å². The molecule has 2 aromatic rings. The fraction of sp³-hybridized carbons (Fsp3) is 0.611. The molecule has 2 amide bonds. The van der Waals surface area contributed by atoms with Gasteiger partial charge in [0.2, 0.25) is 5.91 Å². The Morgan fingerprint density at radius 3 is 2.66 bits per heavy atom. The number of hydrogen-bond donors (Lipinski definition) is 7. The van der Waals surface area contributed by atoms with Crippen LogP contribution in [0.2, 0.25) is 0 Å². The topological polar surface area (TPSA) is 204 Å². The maximum absolute atomic E-state index is 12.2. The highest BCUT2D eigenvalue weighted by atomic mass is 16.6. The molecule has 0 spiro atoms. The van der Waals surface area contributed by atoms with Crippen LogP contribution in [0, 0.1) is 0 Å². The van der Waals surface area contributed by atoms with E-state index >= 15 is 0 Å². The van der Waals surface area contributed by atoms with Crippen LogP contribution in [-0.4, -0.2) is 96.6 Å². The first-order valence-corrected chi connectivity index (χ1v) is 9.88. The van der Waals surface area contributed by atoms with Crippen molar-refractivity contribution in [3.05, 3.63) is 12.7 Å². The smallest absolute Gasteiger partial charge is 0.408 e. The van der Waals surface area contributed by atoms with Crippen molar-refractivity contribution in [1.29, 1.82) is 0 Å². The highest BCUT2D eigenvalue weighted by molar-refractivity contribution is 5.83. The Morgan fingerprint density at radius 1 is 1.22 bits per heavy atom. The molecule has 3 rings (SSSR count). The number of anilines is 1. The fourth-order valence-electron chi connectivity index (χ4n) is 3.13. The summed E-state index contributed by atoms with van der Waals surface area (Å²) in [5.41, 5.74) is 0.115. The van der Waals surface area contributed by atoms with E-state index in [1.807, 2.05) is 0 Å².